The average Bonchev–Trinajstić information content (AvgIpc) is 3.32. The van der Waals surface area contributed by atoms with Crippen LogP contribution in [0.3, 0.4) is 0 Å². The molecule has 37 heavy (non-hydrogen) atoms. The standard InChI is InChI=1S/C27H29ClN4O5/c1-31(16-18(30-29)15-25(33)34)13-11-23-22-7-5-12-32(22)21-10-9-17(28)14-20(21)26(37-23)19-6-4-8-24(35-2)27(19)36-3/h4-10,12,14,16,23,26,29H,11,13,15H2,1-3H3,(H,33,34)/b18-16-,30-29?/t23-,26-/m1/s1. The van der Waals surface area contributed by atoms with E-state index in [1.54, 1.807) is 20.4 Å². The number of benzene rings is 2. The molecule has 9 nitrogen and oxygen atoms in total. The average molecular weight is 525 g/mol. The first-order valence-electron chi connectivity index (χ1n) is 11.7. The van der Waals surface area contributed by atoms with E-state index in [9.17, 15) is 4.79 Å². The molecule has 2 aromatic carbocycles. The Bertz CT molecular complexity index is 1320. The van der Waals surface area contributed by atoms with Crippen molar-refractivity contribution < 1.29 is 24.1 Å². The number of carboxylic acid groups (broad SMARTS) is 1. The van der Waals surface area contributed by atoms with Crippen LogP contribution < -0.4 is 9.47 Å². The summed E-state index contributed by atoms with van der Waals surface area (Å²) in [4.78, 5) is 12.9. The molecule has 1 aliphatic rings. The van der Waals surface area contributed by atoms with Crippen LogP contribution in [0, 0.1) is 5.53 Å². The fourth-order valence-corrected chi connectivity index (χ4v) is 4.80. The summed E-state index contributed by atoms with van der Waals surface area (Å²) in [5, 5.41) is 13.0. The van der Waals surface area contributed by atoms with Crippen LogP contribution in [-0.2, 0) is 9.53 Å². The van der Waals surface area contributed by atoms with Gasteiger partial charge in [-0.2, -0.15) is 5.11 Å². The van der Waals surface area contributed by atoms with Gasteiger partial charge in [-0.25, -0.2) is 5.53 Å². The molecule has 3 aromatic rings. The van der Waals surface area contributed by atoms with Crippen molar-refractivity contribution in [3.63, 3.8) is 0 Å². The van der Waals surface area contributed by atoms with Crippen molar-refractivity contribution in [1.29, 1.82) is 5.53 Å². The molecule has 0 spiro atoms. The second-order valence-electron chi connectivity index (χ2n) is 8.67. The fraction of sp³-hybridized carbons (Fsp3) is 0.296. The van der Waals surface area contributed by atoms with E-state index >= 15 is 0 Å². The van der Waals surface area contributed by atoms with E-state index in [1.807, 2.05) is 66.7 Å². The fourth-order valence-electron chi connectivity index (χ4n) is 4.62. The molecule has 0 bridgehead atoms. The van der Waals surface area contributed by atoms with Crippen LogP contribution in [0.5, 0.6) is 11.5 Å². The summed E-state index contributed by atoms with van der Waals surface area (Å²) in [6.07, 6.45) is 3.01. The molecule has 0 saturated heterocycles. The van der Waals surface area contributed by atoms with Gasteiger partial charge >= 0.3 is 5.97 Å². The van der Waals surface area contributed by atoms with Crippen LogP contribution >= 0.6 is 11.6 Å². The topological polar surface area (TPSA) is 109 Å². The zero-order chi connectivity index (χ0) is 26.5. The summed E-state index contributed by atoms with van der Waals surface area (Å²) in [7, 11) is 5.02. The number of methoxy groups -OCH3 is 2. The van der Waals surface area contributed by atoms with E-state index < -0.39 is 12.1 Å². The number of halogens is 1. The highest BCUT2D eigenvalue weighted by atomic mass is 35.5. The maximum Gasteiger partial charge on any atom is 0.309 e. The first-order chi connectivity index (χ1) is 17.9. The Hall–Kier alpha value is -3.82. The third-order valence-electron chi connectivity index (χ3n) is 6.25. The van der Waals surface area contributed by atoms with E-state index in [2.05, 4.69) is 9.68 Å². The number of para-hydroxylation sites is 1. The van der Waals surface area contributed by atoms with E-state index in [-0.39, 0.29) is 18.2 Å². The number of fused-ring (bicyclic) bond motifs is 3. The maximum absolute atomic E-state index is 11.0. The molecular formula is C27H29ClN4O5. The van der Waals surface area contributed by atoms with Gasteiger partial charge in [0.1, 0.15) is 12.2 Å². The zero-order valence-corrected chi connectivity index (χ0v) is 21.6. The summed E-state index contributed by atoms with van der Waals surface area (Å²) >= 11 is 6.45. The minimum Gasteiger partial charge on any atom is -0.493 e. The third kappa shape index (κ3) is 5.63. The molecule has 0 aliphatic carbocycles. The number of carboxylic acids is 1. The van der Waals surface area contributed by atoms with Crippen molar-refractivity contribution in [2.75, 3.05) is 27.8 Å². The van der Waals surface area contributed by atoms with E-state index in [0.717, 1.165) is 22.5 Å². The monoisotopic (exact) mass is 524 g/mol. The number of ether oxygens (including phenoxy) is 3. The van der Waals surface area contributed by atoms with Gasteiger partial charge in [0.2, 0.25) is 0 Å². The van der Waals surface area contributed by atoms with E-state index in [4.69, 9.17) is 36.4 Å². The second kappa shape index (κ2) is 11.5. The molecule has 0 fully saturated rings. The number of carbonyl (C=O) groups is 1. The number of hydrogen-bond donors (Lipinski definition) is 2. The third-order valence-corrected chi connectivity index (χ3v) is 6.48. The van der Waals surface area contributed by atoms with Gasteiger partial charge < -0.3 is 28.8 Å². The SMILES string of the molecule is COc1cccc([C@H]2O[C@H](CCN(C)/C=C(/CC(=O)O)N=N)c3cccn3-c3ccc(Cl)cc32)c1OC. The van der Waals surface area contributed by atoms with Crippen LogP contribution in [-0.4, -0.2) is 48.4 Å². The summed E-state index contributed by atoms with van der Waals surface area (Å²) in [5.74, 6) is 0.149. The molecule has 2 N–H and O–H groups in total. The number of rotatable bonds is 10. The normalized spacial score (nSPS) is 16.8. The lowest BCUT2D eigenvalue weighted by Gasteiger charge is -2.26. The highest BCUT2D eigenvalue weighted by Crippen LogP contribution is 2.46. The minimum atomic E-state index is -1.04. The Morgan fingerprint density at radius 2 is 2.03 bits per heavy atom. The van der Waals surface area contributed by atoms with Crippen LogP contribution in [0.4, 0.5) is 0 Å². The Labute approximate surface area is 220 Å². The summed E-state index contributed by atoms with van der Waals surface area (Å²) in [5.41, 5.74) is 11.1. The molecule has 194 valence electrons. The van der Waals surface area contributed by atoms with Gasteiger partial charge in [0.25, 0.3) is 0 Å². The van der Waals surface area contributed by atoms with Crippen molar-refractivity contribution in [1.82, 2.24) is 9.47 Å². The van der Waals surface area contributed by atoms with Gasteiger partial charge in [0.15, 0.2) is 11.5 Å². The quantitative estimate of drug-likeness (QED) is 0.316. The van der Waals surface area contributed by atoms with Crippen molar-refractivity contribution in [2.45, 2.75) is 25.0 Å². The van der Waals surface area contributed by atoms with Crippen LogP contribution in [0.25, 0.3) is 5.69 Å². The molecule has 1 aromatic heterocycles. The van der Waals surface area contributed by atoms with Gasteiger partial charge in [0, 0.05) is 42.1 Å². The number of nitrogens with one attached hydrogen (secondary N) is 1. The Kier molecular flexibility index (Phi) is 8.15. The van der Waals surface area contributed by atoms with E-state index in [1.165, 1.54) is 0 Å². The summed E-state index contributed by atoms with van der Waals surface area (Å²) < 4.78 is 20.2. The summed E-state index contributed by atoms with van der Waals surface area (Å²) in [6.45, 7) is 0.535. The lowest BCUT2D eigenvalue weighted by Crippen LogP contribution is -2.19. The van der Waals surface area contributed by atoms with Crippen LogP contribution in [0.2, 0.25) is 5.02 Å². The molecule has 2 heterocycles. The lowest BCUT2D eigenvalue weighted by atomic mass is 9.98. The van der Waals surface area contributed by atoms with Gasteiger partial charge in [-0.3, -0.25) is 4.79 Å². The molecule has 1 aliphatic heterocycles. The molecule has 0 amide bonds. The van der Waals surface area contributed by atoms with E-state index in [0.29, 0.717) is 29.5 Å². The number of nitrogens with zero attached hydrogens (tertiary/aromatic N) is 3. The molecule has 2 atom stereocenters. The highest BCUT2D eigenvalue weighted by molar-refractivity contribution is 6.30. The van der Waals surface area contributed by atoms with Crippen LogP contribution in [0.15, 0.2) is 71.7 Å². The van der Waals surface area contributed by atoms with Gasteiger partial charge in [-0.1, -0.05) is 23.7 Å². The van der Waals surface area contributed by atoms with Gasteiger partial charge in [0.05, 0.1) is 37.7 Å². The second-order valence-corrected chi connectivity index (χ2v) is 9.10. The predicted molar refractivity (Wildman–Crippen MR) is 139 cm³/mol. The molecule has 0 radical (unpaired) electrons. The molecule has 4 rings (SSSR count). The number of aliphatic carboxylic acids is 1. The van der Waals surface area contributed by atoms with Gasteiger partial charge in [-0.05, 0) is 42.8 Å². The minimum absolute atomic E-state index is 0.168. The summed E-state index contributed by atoms with van der Waals surface area (Å²) in [6, 6.07) is 15.5. The van der Waals surface area contributed by atoms with Crippen LogP contribution in [0.1, 0.15) is 41.9 Å². The van der Waals surface area contributed by atoms with Crippen molar-refractivity contribution in [3.8, 4) is 17.2 Å². The largest absolute Gasteiger partial charge is 0.493 e. The molecule has 0 unspecified atom stereocenters. The first-order valence-corrected chi connectivity index (χ1v) is 12.1. The predicted octanol–water partition coefficient (Wildman–Crippen LogP) is 5.98. The van der Waals surface area contributed by atoms with Crippen molar-refractivity contribution in [3.05, 3.63) is 88.5 Å². The molecular weight excluding hydrogens is 496 g/mol. The Morgan fingerprint density at radius 3 is 2.73 bits per heavy atom. The number of aromatic nitrogens is 1. The highest BCUT2D eigenvalue weighted by Gasteiger charge is 2.32. The molecule has 0 saturated carbocycles. The zero-order valence-electron chi connectivity index (χ0n) is 20.8. The molecule has 10 heteroatoms. The van der Waals surface area contributed by atoms with Crippen molar-refractivity contribution in [2.24, 2.45) is 5.11 Å². The lowest BCUT2D eigenvalue weighted by molar-refractivity contribution is -0.136. The van der Waals surface area contributed by atoms with Crippen molar-refractivity contribution >= 4 is 17.6 Å². The first kappa shape index (κ1) is 26.2. The maximum atomic E-state index is 11.0. The Balaban J connectivity index is 1.74. The van der Waals surface area contributed by atoms with Gasteiger partial charge in [-0.15, -0.1) is 0 Å². The smallest absolute Gasteiger partial charge is 0.309 e. The number of hydrogen-bond acceptors (Lipinski definition) is 7. The Morgan fingerprint density at radius 1 is 1.22 bits per heavy atom.